The Hall–Kier alpha value is -2.74. The van der Waals surface area contributed by atoms with E-state index in [1.165, 1.54) is 6.33 Å². The fraction of sp³-hybridized carbons (Fsp3) is 0.389. The molecule has 0 unspecified atom stereocenters. The molecule has 1 N–H and O–H groups in total. The number of hydrogen-bond donors (Lipinski definition) is 1. The zero-order valence-corrected chi connectivity index (χ0v) is 15.7. The minimum atomic E-state index is -0.214. The first-order chi connectivity index (χ1) is 13.1. The van der Waals surface area contributed by atoms with E-state index < -0.39 is 0 Å². The van der Waals surface area contributed by atoms with Gasteiger partial charge in [0.1, 0.15) is 6.33 Å². The first kappa shape index (κ1) is 17.7. The fourth-order valence-corrected chi connectivity index (χ4v) is 3.75. The number of rotatable bonds is 4. The largest absolute Gasteiger partial charge is 0.348 e. The third kappa shape index (κ3) is 3.85. The van der Waals surface area contributed by atoms with E-state index in [-0.39, 0.29) is 17.6 Å². The number of carbonyl (C=O) groups excluding carboxylic acids is 1. The number of aromatic nitrogens is 6. The maximum absolute atomic E-state index is 12.4. The van der Waals surface area contributed by atoms with Gasteiger partial charge in [0.25, 0.3) is 5.91 Å². The van der Waals surface area contributed by atoms with Crippen LogP contribution in [0.2, 0.25) is 5.02 Å². The highest BCUT2D eigenvalue weighted by atomic mass is 35.5. The predicted octanol–water partition coefficient (Wildman–Crippen LogP) is 2.64. The molecule has 0 atom stereocenters. The van der Waals surface area contributed by atoms with Crippen molar-refractivity contribution >= 4 is 17.5 Å². The van der Waals surface area contributed by atoms with Crippen LogP contribution in [0.5, 0.6) is 0 Å². The molecule has 27 heavy (non-hydrogen) atoms. The van der Waals surface area contributed by atoms with Gasteiger partial charge < -0.3 is 5.32 Å². The third-order valence-electron chi connectivity index (χ3n) is 4.88. The minimum absolute atomic E-state index is 0.128. The van der Waals surface area contributed by atoms with E-state index in [1.54, 1.807) is 24.1 Å². The summed E-state index contributed by atoms with van der Waals surface area (Å²) in [5.74, 6) is -0.214. The minimum Gasteiger partial charge on any atom is -0.348 e. The van der Waals surface area contributed by atoms with Crippen molar-refractivity contribution in [2.24, 2.45) is 7.05 Å². The van der Waals surface area contributed by atoms with Gasteiger partial charge in [-0.1, -0.05) is 11.6 Å². The summed E-state index contributed by atoms with van der Waals surface area (Å²) in [5.41, 5.74) is 2.13. The Balaban J connectivity index is 1.35. The monoisotopic (exact) mass is 385 g/mol. The van der Waals surface area contributed by atoms with Crippen molar-refractivity contribution in [1.82, 2.24) is 34.8 Å². The zero-order valence-electron chi connectivity index (χ0n) is 14.9. The van der Waals surface area contributed by atoms with Crippen LogP contribution in [0.15, 0.2) is 37.2 Å². The molecule has 3 aromatic heterocycles. The van der Waals surface area contributed by atoms with Crippen molar-refractivity contribution in [2.45, 2.75) is 37.8 Å². The van der Waals surface area contributed by atoms with E-state index in [2.05, 4.69) is 25.5 Å². The molecule has 0 saturated heterocycles. The van der Waals surface area contributed by atoms with Gasteiger partial charge in [0, 0.05) is 37.2 Å². The molecule has 140 valence electrons. The summed E-state index contributed by atoms with van der Waals surface area (Å²) >= 11 is 6.05. The van der Waals surface area contributed by atoms with Crippen LogP contribution >= 0.6 is 11.6 Å². The van der Waals surface area contributed by atoms with Crippen molar-refractivity contribution in [1.29, 1.82) is 0 Å². The Morgan fingerprint density at radius 3 is 2.74 bits per heavy atom. The lowest BCUT2D eigenvalue weighted by Crippen LogP contribution is -2.38. The summed E-state index contributed by atoms with van der Waals surface area (Å²) in [6, 6.07) is 2.33. The van der Waals surface area contributed by atoms with Crippen LogP contribution in [0, 0.1) is 0 Å². The maximum atomic E-state index is 12.4. The fourth-order valence-electron chi connectivity index (χ4n) is 3.48. The molecule has 1 fully saturated rings. The molecular weight excluding hydrogens is 366 g/mol. The lowest BCUT2D eigenvalue weighted by molar-refractivity contribution is 0.0916. The third-order valence-corrected chi connectivity index (χ3v) is 5.16. The van der Waals surface area contributed by atoms with Gasteiger partial charge >= 0.3 is 0 Å². The second kappa shape index (κ2) is 7.48. The Morgan fingerprint density at radius 1 is 1.26 bits per heavy atom. The van der Waals surface area contributed by atoms with Gasteiger partial charge in [0.15, 0.2) is 5.69 Å². The Labute approximate surface area is 161 Å². The number of halogens is 1. The molecule has 0 bridgehead atoms. The van der Waals surface area contributed by atoms with Gasteiger partial charge in [-0.25, -0.2) is 9.97 Å². The normalized spacial score (nSPS) is 19.8. The number of nitrogens with one attached hydrogen (secondary N) is 1. The number of aryl methyl sites for hydroxylation is 1. The molecule has 9 heteroatoms. The summed E-state index contributed by atoms with van der Waals surface area (Å²) in [7, 11) is 1.74. The van der Waals surface area contributed by atoms with Crippen molar-refractivity contribution in [2.75, 3.05) is 0 Å². The van der Waals surface area contributed by atoms with Crippen LogP contribution in [0.1, 0.15) is 42.2 Å². The molecule has 3 heterocycles. The molecule has 1 amide bonds. The molecule has 4 rings (SSSR count). The lowest BCUT2D eigenvalue weighted by Gasteiger charge is -2.29. The molecule has 0 spiro atoms. The highest BCUT2D eigenvalue weighted by molar-refractivity contribution is 6.33. The van der Waals surface area contributed by atoms with Crippen molar-refractivity contribution in [3.05, 3.63) is 47.9 Å². The predicted molar refractivity (Wildman–Crippen MR) is 100 cm³/mol. The van der Waals surface area contributed by atoms with Gasteiger partial charge in [0.2, 0.25) is 0 Å². The quantitative estimate of drug-likeness (QED) is 0.745. The first-order valence-electron chi connectivity index (χ1n) is 8.90. The molecule has 1 saturated carbocycles. The molecular formula is C18H20ClN7O. The molecule has 0 radical (unpaired) electrons. The smallest absolute Gasteiger partial charge is 0.273 e. The Bertz CT molecular complexity index is 928. The Kier molecular flexibility index (Phi) is 4.89. The van der Waals surface area contributed by atoms with Crippen molar-refractivity contribution in [3.8, 4) is 11.3 Å². The zero-order chi connectivity index (χ0) is 18.8. The molecule has 1 aliphatic carbocycles. The lowest BCUT2D eigenvalue weighted by atomic mass is 9.91. The van der Waals surface area contributed by atoms with E-state index in [0.717, 1.165) is 36.9 Å². The molecule has 0 aromatic carbocycles. The van der Waals surface area contributed by atoms with E-state index in [0.29, 0.717) is 11.1 Å². The SMILES string of the molecule is Cn1cc(Cl)c(C(=O)NC2CCC(n3cc(-c4ccncn4)cn3)CC2)n1. The average molecular weight is 386 g/mol. The second-order valence-corrected chi connectivity index (χ2v) is 7.19. The summed E-state index contributed by atoms with van der Waals surface area (Å²) in [6.45, 7) is 0. The van der Waals surface area contributed by atoms with E-state index >= 15 is 0 Å². The highest BCUT2D eigenvalue weighted by Gasteiger charge is 2.26. The standard InChI is InChI=1S/C18H20ClN7O/c1-25-10-15(19)17(24-25)18(27)23-13-2-4-14(5-3-13)26-9-12(8-22-26)16-6-7-20-11-21-16/h6-11,13-14H,2-5H2,1H3,(H,23,27). The number of hydrogen-bond acceptors (Lipinski definition) is 5. The van der Waals surface area contributed by atoms with Gasteiger partial charge in [-0.05, 0) is 31.7 Å². The van der Waals surface area contributed by atoms with Crippen LogP contribution in [-0.4, -0.2) is 41.5 Å². The van der Waals surface area contributed by atoms with E-state index in [1.807, 2.05) is 23.1 Å². The van der Waals surface area contributed by atoms with Crippen LogP contribution < -0.4 is 5.32 Å². The van der Waals surface area contributed by atoms with Crippen molar-refractivity contribution in [3.63, 3.8) is 0 Å². The van der Waals surface area contributed by atoms with Gasteiger partial charge in [-0.3, -0.25) is 14.2 Å². The molecule has 3 aromatic rings. The van der Waals surface area contributed by atoms with Crippen LogP contribution in [-0.2, 0) is 7.05 Å². The summed E-state index contributed by atoms with van der Waals surface area (Å²) in [5, 5.41) is 12.0. The van der Waals surface area contributed by atoms with Crippen LogP contribution in [0.3, 0.4) is 0 Å². The van der Waals surface area contributed by atoms with Crippen LogP contribution in [0.25, 0.3) is 11.3 Å². The van der Waals surface area contributed by atoms with Gasteiger partial charge in [-0.2, -0.15) is 10.2 Å². The summed E-state index contributed by atoms with van der Waals surface area (Å²) in [6.07, 6.45) is 12.4. The van der Waals surface area contributed by atoms with Gasteiger partial charge in [-0.15, -0.1) is 0 Å². The van der Waals surface area contributed by atoms with E-state index in [4.69, 9.17) is 11.6 Å². The molecule has 1 aliphatic rings. The first-order valence-corrected chi connectivity index (χ1v) is 9.28. The van der Waals surface area contributed by atoms with Crippen molar-refractivity contribution < 1.29 is 4.79 Å². The highest BCUT2D eigenvalue weighted by Crippen LogP contribution is 2.29. The summed E-state index contributed by atoms with van der Waals surface area (Å²) in [4.78, 5) is 20.6. The summed E-state index contributed by atoms with van der Waals surface area (Å²) < 4.78 is 3.55. The topological polar surface area (TPSA) is 90.5 Å². The van der Waals surface area contributed by atoms with E-state index in [9.17, 15) is 4.79 Å². The van der Waals surface area contributed by atoms with Crippen LogP contribution in [0.4, 0.5) is 0 Å². The van der Waals surface area contributed by atoms with Gasteiger partial charge in [0.05, 0.1) is 23.0 Å². The molecule has 0 aliphatic heterocycles. The number of carbonyl (C=O) groups is 1. The Morgan fingerprint density at radius 2 is 2.07 bits per heavy atom. The maximum Gasteiger partial charge on any atom is 0.273 e. The number of nitrogens with zero attached hydrogens (tertiary/aromatic N) is 6. The second-order valence-electron chi connectivity index (χ2n) is 6.78. The average Bonchev–Trinajstić information content (AvgIpc) is 3.30. The number of amides is 1. The molecule has 8 nitrogen and oxygen atoms in total.